The molecule has 0 aromatic carbocycles. The lowest BCUT2D eigenvalue weighted by atomic mass is 10.4. The van der Waals surface area contributed by atoms with Crippen LogP contribution in [0.4, 0.5) is 0 Å². The second-order valence-corrected chi connectivity index (χ2v) is 3.32. The molecule has 0 aliphatic carbocycles. The van der Waals surface area contributed by atoms with E-state index in [0.29, 0.717) is 18.7 Å². The molecule has 5 heteroatoms. The van der Waals surface area contributed by atoms with E-state index in [1.165, 1.54) is 4.80 Å². The molecule has 0 atom stereocenters. The maximum absolute atomic E-state index is 11.0. The smallest absolute Gasteiger partial charge is 0.148 e. The average molecular weight is 180 g/mol. The molecular weight excluding hydrogens is 168 g/mol. The van der Waals surface area contributed by atoms with Gasteiger partial charge in [-0.25, -0.2) is 0 Å². The summed E-state index contributed by atoms with van der Waals surface area (Å²) < 4.78 is 0. The van der Waals surface area contributed by atoms with Crippen molar-refractivity contribution >= 4 is 5.78 Å². The first-order chi connectivity index (χ1) is 6.24. The summed E-state index contributed by atoms with van der Waals surface area (Å²) in [5.74, 6) is 0.323. The van der Waals surface area contributed by atoms with Crippen molar-refractivity contribution in [3.8, 4) is 0 Å². The van der Waals surface area contributed by atoms with Crippen molar-refractivity contribution in [3.63, 3.8) is 0 Å². The molecule has 1 saturated heterocycles. The van der Waals surface area contributed by atoms with Crippen molar-refractivity contribution in [1.29, 1.82) is 0 Å². The molecule has 1 aromatic heterocycles. The summed E-state index contributed by atoms with van der Waals surface area (Å²) in [7, 11) is 1.79. The van der Waals surface area contributed by atoms with Gasteiger partial charge in [0, 0.05) is 26.6 Å². The lowest BCUT2D eigenvalue weighted by Crippen LogP contribution is -2.20. The Labute approximate surface area is 76.3 Å². The van der Waals surface area contributed by atoms with E-state index in [1.54, 1.807) is 13.2 Å². The van der Waals surface area contributed by atoms with Crippen LogP contribution in [0.1, 0.15) is 12.1 Å². The lowest BCUT2D eigenvalue weighted by Gasteiger charge is -2.09. The molecule has 1 fully saturated rings. The first-order valence-corrected chi connectivity index (χ1v) is 4.33. The van der Waals surface area contributed by atoms with E-state index in [0.717, 1.165) is 18.8 Å². The maximum Gasteiger partial charge on any atom is 0.148 e. The van der Waals surface area contributed by atoms with E-state index >= 15 is 0 Å². The summed E-state index contributed by atoms with van der Waals surface area (Å²) >= 11 is 0. The van der Waals surface area contributed by atoms with Crippen LogP contribution < -0.4 is 0 Å². The number of Topliss-reactive ketones (excluding diaryl/α,β-unsaturated/α-hetero) is 1. The largest absolute Gasteiger partial charge is 0.298 e. The van der Waals surface area contributed by atoms with Gasteiger partial charge in [0.25, 0.3) is 0 Å². The third-order valence-corrected chi connectivity index (χ3v) is 2.14. The van der Waals surface area contributed by atoms with Crippen molar-refractivity contribution in [1.82, 2.24) is 19.9 Å². The maximum atomic E-state index is 11.0. The van der Waals surface area contributed by atoms with Gasteiger partial charge in [-0.3, -0.25) is 9.69 Å². The Morgan fingerprint density at radius 3 is 3.00 bits per heavy atom. The molecule has 70 valence electrons. The average Bonchev–Trinajstić information content (AvgIpc) is 2.62. The molecule has 2 heterocycles. The Morgan fingerprint density at radius 2 is 2.46 bits per heavy atom. The Morgan fingerprint density at radius 1 is 1.62 bits per heavy atom. The Hall–Kier alpha value is -1.23. The summed E-state index contributed by atoms with van der Waals surface area (Å²) in [6.07, 6.45) is 2.42. The van der Waals surface area contributed by atoms with Crippen LogP contribution in [0.3, 0.4) is 0 Å². The minimum absolute atomic E-state index is 0.323. The van der Waals surface area contributed by atoms with E-state index < -0.39 is 0 Å². The fraction of sp³-hybridized carbons (Fsp3) is 0.625. The van der Waals surface area contributed by atoms with Gasteiger partial charge < -0.3 is 0 Å². The second-order valence-electron chi connectivity index (χ2n) is 3.32. The number of nitrogens with zero attached hydrogens (tertiary/aromatic N) is 4. The van der Waals surface area contributed by atoms with Crippen molar-refractivity contribution in [2.24, 2.45) is 7.05 Å². The topological polar surface area (TPSA) is 51.0 Å². The highest BCUT2D eigenvalue weighted by Gasteiger charge is 2.19. The molecule has 0 bridgehead atoms. The predicted molar refractivity (Wildman–Crippen MR) is 45.9 cm³/mol. The number of carbonyl (C=O) groups is 1. The molecular formula is C8H12N4O. The molecule has 0 N–H and O–H groups in total. The Balaban J connectivity index is 1.95. The van der Waals surface area contributed by atoms with Crippen LogP contribution in [0.5, 0.6) is 0 Å². The van der Waals surface area contributed by atoms with E-state index in [9.17, 15) is 4.79 Å². The molecule has 0 unspecified atom stereocenters. The quantitative estimate of drug-likeness (QED) is 0.621. The fourth-order valence-electron chi connectivity index (χ4n) is 1.51. The van der Waals surface area contributed by atoms with Gasteiger partial charge in [0.1, 0.15) is 5.78 Å². The highest BCUT2D eigenvalue weighted by Crippen LogP contribution is 2.07. The predicted octanol–water partition coefficient (Wildman–Crippen LogP) is -0.410. The summed E-state index contributed by atoms with van der Waals surface area (Å²) in [5.41, 5.74) is 0.928. The van der Waals surface area contributed by atoms with E-state index in [1.807, 2.05) is 0 Å². The number of likely N-dealkylation sites (tertiary alicyclic amines) is 1. The summed E-state index contributed by atoms with van der Waals surface area (Å²) in [6.45, 7) is 2.16. The van der Waals surface area contributed by atoms with E-state index in [2.05, 4.69) is 15.1 Å². The molecule has 1 aliphatic heterocycles. The van der Waals surface area contributed by atoms with Gasteiger partial charge in [-0.05, 0) is 0 Å². The third-order valence-electron chi connectivity index (χ3n) is 2.14. The minimum Gasteiger partial charge on any atom is -0.298 e. The van der Waals surface area contributed by atoms with Crippen molar-refractivity contribution < 1.29 is 4.79 Å². The minimum atomic E-state index is 0.323. The second kappa shape index (κ2) is 3.26. The standard InChI is InChI=1S/C8H12N4O/c1-11-9-4-7(10-11)5-12-3-2-8(13)6-12/h4H,2-3,5-6H2,1H3. The number of hydrogen-bond donors (Lipinski definition) is 0. The van der Waals surface area contributed by atoms with Crippen molar-refractivity contribution in [2.75, 3.05) is 13.1 Å². The summed E-state index contributed by atoms with van der Waals surface area (Å²) in [4.78, 5) is 14.6. The molecule has 0 amide bonds. The SMILES string of the molecule is Cn1ncc(CN2CCC(=O)C2)n1. The molecule has 5 nitrogen and oxygen atoms in total. The zero-order chi connectivity index (χ0) is 9.26. The van der Waals surface area contributed by atoms with Gasteiger partial charge in [0.2, 0.25) is 0 Å². The molecule has 2 rings (SSSR count). The lowest BCUT2D eigenvalue weighted by molar-refractivity contribution is -0.116. The number of aryl methyl sites for hydroxylation is 1. The highest BCUT2D eigenvalue weighted by molar-refractivity contribution is 5.82. The van der Waals surface area contributed by atoms with E-state index in [4.69, 9.17) is 0 Å². The molecule has 0 radical (unpaired) electrons. The van der Waals surface area contributed by atoms with Gasteiger partial charge in [-0.15, -0.1) is 0 Å². The molecule has 0 saturated carbocycles. The monoisotopic (exact) mass is 180 g/mol. The fourth-order valence-corrected chi connectivity index (χ4v) is 1.51. The van der Waals surface area contributed by atoms with E-state index in [-0.39, 0.29) is 0 Å². The van der Waals surface area contributed by atoms with Crippen LogP contribution in [0.2, 0.25) is 0 Å². The van der Waals surface area contributed by atoms with Crippen LogP contribution >= 0.6 is 0 Å². The van der Waals surface area contributed by atoms with Crippen LogP contribution in [-0.2, 0) is 18.4 Å². The summed E-state index contributed by atoms with van der Waals surface area (Å²) in [6, 6.07) is 0. The Bertz CT molecular complexity index is 320. The number of carbonyl (C=O) groups excluding carboxylic acids is 1. The molecule has 1 aliphatic rings. The van der Waals surface area contributed by atoms with Gasteiger partial charge in [-0.1, -0.05) is 0 Å². The number of rotatable bonds is 2. The van der Waals surface area contributed by atoms with Gasteiger partial charge in [-0.2, -0.15) is 15.0 Å². The van der Waals surface area contributed by atoms with Crippen LogP contribution in [-0.4, -0.2) is 38.8 Å². The van der Waals surface area contributed by atoms with Gasteiger partial charge in [0.15, 0.2) is 0 Å². The van der Waals surface area contributed by atoms with Crippen LogP contribution in [0.15, 0.2) is 6.20 Å². The molecule has 1 aromatic rings. The number of hydrogen-bond acceptors (Lipinski definition) is 4. The van der Waals surface area contributed by atoms with Crippen LogP contribution in [0, 0.1) is 0 Å². The third kappa shape index (κ3) is 1.92. The number of aromatic nitrogens is 3. The first kappa shape index (κ1) is 8.37. The zero-order valence-corrected chi connectivity index (χ0v) is 7.60. The van der Waals surface area contributed by atoms with Crippen LogP contribution in [0.25, 0.3) is 0 Å². The summed E-state index contributed by atoms with van der Waals surface area (Å²) in [5, 5.41) is 8.12. The highest BCUT2D eigenvalue weighted by atomic mass is 16.1. The molecule has 13 heavy (non-hydrogen) atoms. The first-order valence-electron chi connectivity index (χ1n) is 4.33. The van der Waals surface area contributed by atoms with Gasteiger partial charge >= 0.3 is 0 Å². The van der Waals surface area contributed by atoms with Crippen molar-refractivity contribution in [3.05, 3.63) is 11.9 Å². The normalized spacial score (nSPS) is 18.4. The van der Waals surface area contributed by atoms with Gasteiger partial charge in [0.05, 0.1) is 18.4 Å². The van der Waals surface area contributed by atoms with Crippen molar-refractivity contribution in [2.45, 2.75) is 13.0 Å². The number of ketones is 1. The Kier molecular flexibility index (Phi) is 2.10. The molecule has 0 spiro atoms. The zero-order valence-electron chi connectivity index (χ0n) is 7.60.